The Balaban J connectivity index is 0.000000147. The number of hydrogen-bond acceptors (Lipinski definition) is 29. The van der Waals surface area contributed by atoms with E-state index >= 15 is 0 Å². The van der Waals surface area contributed by atoms with Crippen LogP contribution in [0.3, 0.4) is 0 Å². The minimum atomic E-state index is -3.33. The van der Waals surface area contributed by atoms with Gasteiger partial charge < -0.3 is 73.6 Å². The van der Waals surface area contributed by atoms with Gasteiger partial charge in [-0.2, -0.15) is 20.4 Å². The summed E-state index contributed by atoms with van der Waals surface area (Å²) in [5.74, 6) is 6.19. The number of hydrogen-bond donors (Lipinski definition) is 4. The van der Waals surface area contributed by atoms with E-state index in [-0.39, 0.29) is 47.0 Å². The second-order valence-electron chi connectivity index (χ2n) is 33.6. The maximum Gasteiger partial charge on any atom is 0.211 e. The summed E-state index contributed by atoms with van der Waals surface area (Å²) in [7, 11) is 10.5. The van der Waals surface area contributed by atoms with Crippen LogP contribution in [0.4, 0.5) is 45.5 Å². The Morgan fingerprint density at radius 3 is 1.20 bits per heavy atom. The number of nitrogens with two attached hydrogens (primary N) is 1. The van der Waals surface area contributed by atoms with E-state index in [4.69, 9.17) is 75.5 Å². The Hall–Kier alpha value is -14.2. The number of sulfonamides is 1. The molecule has 36 heteroatoms. The number of halogens is 1. The van der Waals surface area contributed by atoms with Gasteiger partial charge in [0, 0.05) is 208 Å². The largest absolute Gasteiger partial charge is 0.497 e. The summed E-state index contributed by atoms with van der Waals surface area (Å²) in [4.78, 5) is 49.2. The summed E-state index contributed by atoms with van der Waals surface area (Å²) < 4.78 is 72.6. The molecule has 0 amide bonds. The van der Waals surface area contributed by atoms with Crippen LogP contribution in [-0.4, -0.2) is 229 Å². The second kappa shape index (κ2) is 47.2. The van der Waals surface area contributed by atoms with Crippen LogP contribution < -0.4 is 63.2 Å². The molecule has 1 saturated heterocycles. The SMILES string of the molecule is C.C.CCS(=O)(=O)NCCN(c1cc(OC)cc(OC)c1)c1ccc2ncc(-c3cnn(C)c3)nc2c1.COc1cc(OCCN)cc(N(CC2CC2)c2ccc3ncc(-c4cnn(C)c4)nc3c2)c1.COc1cc(OCCO)cc(N(CC2CC2)c2ccc3ncc(-c4cnn(CCO)c4)nc3c2)c1.COc1ccc(Cl)c(N(CCCN2CCCC2)c2ccc3ncc(-c4cnn(C)c4)nc3c2)c1. The zero-order valence-corrected chi connectivity index (χ0v) is 79.9. The predicted molar refractivity (Wildman–Crippen MR) is 548 cm³/mol. The average Bonchev–Trinajstić information content (AvgIpc) is 1.62. The lowest BCUT2D eigenvalue weighted by Crippen LogP contribution is -2.33. The summed E-state index contributed by atoms with van der Waals surface area (Å²) in [6.45, 7) is 9.85. The highest BCUT2D eigenvalue weighted by Gasteiger charge is 2.30. The normalized spacial score (nSPS) is 12.8. The van der Waals surface area contributed by atoms with Crippen molar-refractivity contribution in [3.63, 3.8) is 0 Å². The van der Waals surface area contributed by atoms with E-state index in [1.807, 2.05) is 154 Å². The third-order valence-electron chi connectivity index (χ3n) is 23.6. The minimum absolute atomic E-state index is 0. The van der Waals surface area contributed by atoms with Crippen molar-refractivity contribution in [3.05, 3.63) is 225 Å². The van der Waals surface area contributed by atoms with Gasteiger partial charge >= 0.3 is 0 Å². The van der Waals surface area contributed by atoms with Crippen LogP contribution in [0.25, 0.3) is 89.2 Å². The monoisotopic (exact) mass is 1920 g/mol. The van der Waals surface area contributed by atoms with Gasteiger partial charge in [0.2, 0.25) is 10.0 Å². The molecule has 0 radical (unpaired) electrons. The van der Waals surface area contributed by atoms with Crippen molar-refractivity contribution in [2.75, 3.05) is 146 Å². The first-order valence-electron chi connectivity index (χ1n) is 45.7. The van der Waals surface area contributed by atoms with Gasteiger partial charge in [-0.05, 0) is 168 Å². The molecule has 2 aliphatic carbocycles. The van der Waals surface area contributed by atoms with Gasteiger partial charge in [-0.3, -0.25) is 38.7 Å². The minimum Gasteiger partial charge on any atom is -0.497 e. The Morgan fingerprint density at radius 2 is 0.813 bits per heavy atom. The molecule has 16 aromatic rings. The summed E-state index contributed by atoms with van der Waals surface area (Å²) >= 11 is 6.68. The number of likely N-dealkylation sites (tertiary alicyclic amines) is 1. The van der Waals surface area contributed by atoms with Crippen molar-refractivity contribution >= 4 is 111 Å². The molecule has 1 aliphatic heterocycles. The van der Waals surface area contributed by atoms with Gasteiger partial charge in [0.05, 0.1) is 188 Å². The fraction of sp³-hybridized carbons (Fsp3) is 0.340. The molecule has 0 bridgehead atoms. The van der Waals surface area contributed by atoms with Crippen LogP contribution in [0.15, 0.2) is 220 Å². The lowest BCUT2D eigenvalue weighted by Gasteiger charge is -2.27. The highest BCUT2D eigenvalue weighted by molar-refractivity contribution is 7.89. The number of methoxy groups -OCH3 is 5. The molecule has 0 atom stereocenters. The van der Waals surface area contributed by atoms with Gasteiger partial charge in [0.15, 0.2) is 0 Å². The molecule has 0 spiro atoms. The zero-order chi connectivity index (χ0) is 95.5. The summed E-state index contributed by atoms with van der Waals surface area (Å²) in [5, 5.41) is 36.0. The Labute approximate surface area is 815 Å². The molecular formula is C103H122ClN23O11S. The number of aliphatic hydroxyl groups excluding tert-OH is 2. The number of ether oxygens (including phenoxy) is 7. The van der Waals surface area contributed by atoms with E-state index in [9.17, 15) is 13.5 Å². The Morgan fingerprint density at radius 1 is 0.424 bits per heavy atom. The number of aromatic nitrogens is 16. The van der Waals surface area contributed by atoms with Crippen molar-refractivity contribution < 1.29 is 51.8 Å². The van der Waals surface area contributed by atoms with Crippen LogP contribution >= 0.6 is 11.6 Å². The van der Waals surface area contributed by atoms with Crippen LogP contribution in [0.2, 0.25) is 5.02 Å². The number of nitrogens with one attached hydrogen (secondary N) is 1. The molecular weight excluding hydrogens is 1800 g/mol. The number of fused-ring (bicyclic) bond motifs is 4. The van der Waals surface area contributed by atoms with Gasteiger partial charge in [0.1, 0.15) is 53.5 Å². The van der Waals surface area contributed by atoms with Crippen molar-refractivity contribution in [3.8, 4) is 85.3 Å². The van der Waals surface area contributed by atoms with Crippen molar-refractivity contribution in [2.45, 2.75) is 73.3 Å². The van der Waals surface area contributed by atoms with Crippen LogP contribution in [0.5, 0.6) is 40.2 Å². The summed E-state index contributed by atoms with van der Waals surface area (Å²) in [6.07, 6.45) is 30.3. The maximum absolute atomic E-state index is 12.0. The van der Waals surface area contributed by atoms with E-state index in [2.05, 4.69) is 101 Å². The third kappa shape index (κ3) is 26.2. The second-order valence-corrected chi connectivity index (χ2v) is 36.1. The Bertz CT molecular complexity index is 6910. The first-order valence-corrected chi connectivity index (χ1v) is 47.7. The fourth-order valence-electron chi connectivity index (χ4n) is 16.1. The number of rotatable bonds is 38. The first-order chi connectivity index (χ1) is 66.7. The van der Waals surface area contributed by atoms with Crippen LogP contribution in [0.1, 0.15) is 66.7 Å². The van der Waals surface area contributed by atoms with Gasteiger partial charge in [0.25, 0.3) is 0 Å². The van der Waals surface area contributed by atoms with Gasteiger partial charge in [-0.1, -0.05) is 26.5 Å². The zero-order valence-electron chi connectivity index (χ0n) is 78.3. The summed E-state index contributed by atoms with van der Waals surface area (Å²) in [5.41, 5.74) is 26.3. The molecule has 19 rings (SSSR count). The first kappa shape index (κ1) is 101. The molecule has 34 nitrogen and oxygen atoms in total. The van der Waals surface area contributed by atoms with Crippen LogP contribution in [-0.2, 0) is 37.7 Å². The molecule has 139 heavy (non-hydrogen) atoms. The standard InChI is InChI=1S/C26H29ClN6O.C26H29N5O4.C25H28N6O2.C24H28N6O4S.2CH4/c1-31-18-19(16-29-31)25-17-28-23-9-6-20(14-24(23)30-25)33(13-5-12-32-10-3-4-11-32)26-15-21(34-2)7-8-22(26)27;1-34-22-10-21(11-23(13-22)35-9-8-33)31(16-18-2-3-18)20-4-5-24-25(12-20)29-26(15-27-24)19-14-28-30(17-19)6-7-32;1-30-16-18(13-28-30)25-14-27-23-6-5-19(11-24(23)29-25)31(15-17-3-4-17)20-9-21(32-2)12-22(10-20)33-8-7-26;1-5-35(31,32)27-8-9-30(19-10-20(33-3)13-21(11-19)34-4)18-6-7-22-23(12-18)28-24(15-25-22)17-14-26-29(2)16-17;;/h6-9,14-18H,3-5,10-13H2,1-2H3;4-5,10-15,17-18,32-33H,2-3,6-9,16H2,1H3;5-6,9-14,16-17H,3-4,7-8,15,26H2,1-2H3;6-7,10-16,27H,5,8-9H2,1-4H3;2*1H4. The molecule has 9 heterocycles. The van der Waals surface area contributed by atoms with E-state index in [1.54, 1.807) is 117 Å². The van der Waals surface area contributed by atoms with Crippen molar-refractivity contribution in [1.29, 1.82) is 0 Å². The highest BCUT2D eigenvalue weighted by Crippen LogP contribution is 2.44. The molecule has 5 N–H and O–H groups in total. The lowest BCUT2D eigenvalue weighted by atomic mass is 10.1. The number of aryl methyl sites for hydroxylation is 3. The topological polar surface area (TPSA) is 368 Å². The average molecular weight is 1930 g/mol. The molecule has 728 valence electrons. The van der Waals surface area contributed by atoms with Gasteiger partial charge in [-0.15, -0.1) is 0 Å². The molecule has 3 fully saturated rings. The van der Waals surface area contributed by atoms with E-state index in [0.717, 1.165) is 173 Å². The number of nitrogens with zero attached hydrogens (tertiary/aromatic N) is 21. The van der Waals surface area contributed by atoms with Gasteiger partial charge in [-0.25, -0.2) is 33.1 Å². The number of aliphatic hydroxyl groups is 2. The lowest BCUT2D eigenvalue weighted by molar-refractivity contribution is 0.201. The fourth-order valence-corrected chi connectivity index (χ4v) is 16.9. The van der Waals surface area contributed by atoms with Crippen molar-refractivity contribution in [1.82, 2.24) is 88.6 Å². The van der Waals surface area contributed by atoms with E-state index in [1.165, 1.54) is 51.6 Å². The molecule has 3 aliphatic rings. The Kier molecular flexibility index (Phi) is 34.2. The highest BCUT2D eigenvalue weighted by atomic mass is 35.5. The van der Waals surface area contributed by atoms with E-state index in [0.29, 0.717) is 77.3 Å². The van der Waals surface area contributed by atoms with Crippen molar-refractivity contribution in [2.24, 2.45) is 38.7 Å². The molecule has 8 aromatic carbocycles. The number of benzene rings is 8. The molecule has 2 saturated carbocycles. The predicted octanol–water partition coefficient (Wildman–Crippen LogP) is 17.1. The smallest absolute Gasteiger partial charge is 0.211 e. The quantitative estimate of drug-likeness (QED) is 0.0279. The molecule has 8 aromatic heterocycles. The number of anilines is 8. The van der Waals surface area contributed by atoms with Crippen LogP contribution in [0, 0.1) is 11.8 Å². The summed E-state index contributed by atoms with van der Waals surface area (Å²) in [6, 6.07) is 47.4. The van der Waals surface area contributed by atoms with E-state index < -0.39 is 10.0 Å². The molecule has 0 unspecified atom stereocenters. The maximum atomic E-state index is 12.0. The third-order valence-corrected chi connectivity index (χ3v) is 25.4.